The fourth-order valence-corrected chi connectivity index (χ4v) is 6.26. The first kappa shape index (κ1) is 25.6. The molecule has 3 heterocycles. The molecule has 2 N–H and O–H groups in total. The lowest BCUT2D eigenvalue weighted by Crippen LogP contribution is -2.43. The smallest absolute Gasteiger partial charge is 0.251 e. The minimum absolute atomic E-state index is 0.0341. The van der Waals surface area contributed by atoms with Crippen molar-refractivity contribution in [2.24, 2.45) is 0 Å². The number of aromatic nitrogens is 2. The summed E-state index contributed by atoms with van der Waals surface area (Å²) in [4.78, 5) is 38.7. The maximum Gasteiger partial charge on any atom is 0.251 e. The number of rotatable bonds is 6. The van der Waals surface area contributed by atoms with Gasteiger partial charge < -0.3 is 25.2 Å². The van der Waals surface area contributed by atoms with E-state index in [9.17, 15) is 9.59 Å². The van der Waals surface area contributed by atoms with Gasteiger partial charge in [-0.05, 0) is 76.0 Å². The number of amides is 2. The van der Waals surface area contributed by atoms with E-state index < -0.39 is 0 Å². The second kappa shape index (κ2) is 11.1. The van der Waals surface area contributed by atoms with Gasteiger partial charge in [0.25, 0.3) is 5.91 Å². The van der Waals surface area contributed by atoms with Crippen molar-refractivity contribution in [2.45, 2.75) is 50.6 Å². The minimum atomic E-state index is -0.0994. The number of nitrogens with zero attached hydrogens (tertiary/aromatic N) is 5. The Balaban J connectivity index is 1.36. The first-order valence-corrected chi connectivity index (χ1v) is 13.9. The number of nitrogens with one attached hydrogen (secondary N) is 2. The van der Waals surface area contributed by atoms with Crippen LogP contribution in [0.5, 0.6) is 5.75 Å². The molecule has 1 aromatic carbocycles. The van der Waals surface area contributed by atoms with Gasteiger partial charge in [-0.15, -0.1) is 0 Å². The lowest BCUT2D eigenvalue weighted by atomic mass is 10.0. The number of hydrogen-bond donors (Lipinski definition) is 2. The van der Waals surface area contributed by atoms with Crippen molar-refractivity contribution in [2.75, 3.05) is 54.6 Å². The molecule has 2 aliphatic heterocycles. The van der Waals surface area contributed by atoms with Crippen molar-refractivity contribution >= 4 is 46.9 Å². The molecule has 0 bridgehead atoms. The zero-order valence-corrected chi connectivity index (χ0v) is 22.5. The zero-order valence-electron chi connectivity index (χ0n) is 21.7. The Morgan fingerprint density at radius 1 is 1.14 bits per heavy atom. The first-order valence-electron chi connectivity index (χ1n) is 12.9. The van der Waals surface area contributed by atoms with Crippen molar-refractivity contribution in [1.82, 2.24) is 20.2 Å². The van der Waals surface area contributed by atoms with E-state index in [0.717, 1.165) is 44.6 Å². The predicted molar refractivity (Wildman–Crippen MR) is 147 cm³/mol. The van der Waals surface area contributed by atoms with E-state index in [1.165, 1.54) is 24.8 Å². The van der Waals surface area contributed by atoms with Crippen LogP contribution in [-0.2, 0) is 4.79 Å². The summed E-state index contributed by atoms with van der Waals surface area (Å²) < 4.78 is 7.81. The number of ether oxygens (including phenoxy) is 1. The molecule has 0 atom stereocenters. The average molecular weight is 526 g/mol. The van der Waals surface area contributed by atoms with Crippen LogP contribution in [0, 0.1) is 0 Å². The fraction of sp³-hybridized carbons (Fsp3) is 0.538. The van der Waals surface area contributed by atoms with Crippen molar-refractivity contribution in [1.29, 1.82) is 0 Å². The van der Waals surface area contributed by atoms with E-state index in [2.05, 4.69) is 31.9 Å². The molecule has 2 aromatic rings. The summed E-state index contributed by atoms with van der Waals surface area (Å²) >= 11 is 1.53. The average Bonchev–Trinajstić information content (AvgIpc) is 3.41. The zero-order chi connectivity index (χ0) is 25.9. The van der Waals surface area contributed by atoms with E-state index in [1.807, 2.05) is 6.07 Å². The molecule has 2 fully saturated rings. The van der Waals surface area contributed by atoms with E-state index in [0.29, 0.717) is 40.4 Å². The van der Waals surface area contributed by atoms with E-state index in [4.69, 9.17) is 9.72 Å². The number of likely N-dealkylation sites (tertiary alicyclic amines) is 1. The Hall–Kier alpha value is -3.05. The molecule has 3 aliphatic rings. The van der Waals surface area contributed by atoms with Crippen LogP contribution in [0.4, 0.5) is 23.1 Å². The number of carbonyl (C=O) groups excluding carboxylic acids is 2. The predicted octanol–water partition coefficient (Wildman–Crippen LogP) is 3.43. The number of hydrogen-bond acceptors (Lipinski definition) is 9. The molecule has 10 nitrogen and oxygen atoms in total. The highest BCUT2D eigenvalue weighted by molar-refractivity contribution is 8.01. The topological polar surface area (TPSA) is 103 Å². The van der Waals surface area contributed by atoms with E-state index >= 15 is 0 Å². The molecule has 1 saturated heterocycles. The number of benzene rings is 1. The molecule has 11 heteroatoms. The van der Waals surface area contributed by atoms with Crippen LogP contribution >= 0.6 is 11.9 Å². The highest BCUT2D eigenvalue weighted by Crippen LogP contribution is 2.40. The van der Waals surface area contributed by atoms with Crippen LogP contribution in [0.1, 0.15) is 48.9 Å². The van der Waals surface area contributed by atoms with Crippen LogP contribution in [0.2, 0.25) is 0 Å². The summed E-state index contributed by atoms with van der Waals surface area (Å²) in [6.45, 7) is 1.97. The van der Waals surface area contributed by atoms with Crippen LogP contribution in [0.15, 0.2) is 24.4 Å². The maximum absolute atomic E-state index is 12.9. The monoisotopic (exact) mass is 525 g/mol. The molecule has 5 rings (SSSR count). The van der Waals surface area contributed by atoms with Gasteiger partial charge in [0.2, 0.25) is 11.9 Å². The van der Waals surface area contributed by atoms with Gasteiger partial charge in [0, 0.05) is 24.7 Å². The second-order valence-electron chi connectivity index (χ2n) is 9.98. The Bertz CT molecular complexity index is 1150. The van der Waals surface area contributed by atoms with Crippen LogP contribution in [0.25, 0.3) is 0 Å². The van der Waals surface area contributed by atoms with E-state index in [-0.39, 0.29) is 17.9 Å². The van der Waals surface area contributed by atoms with Gasteiger partial charge in [0.15, 0.2) is 5.82 Å². The molecule has 1 saturated carbocycles. The van der Waals surface area contributed by atoms with Gasteiger partial charge in [-0.25, -0.2) is 4.98 Å². The van der Waals surface area contributed by atoms with Crippen molar-refractivity contribution in [3.8, 4) is 5.75 Å². The number of methoxy groups -OCH3 is 1. The normalized spacial score (nSPS) is 19.5. The Morgan fingerprint density at radius 3 is 2.62 bits per heavy atom. The highest BCUT2D eigenvalue weighted by atomic mass is 32.2. The molecule has 0 radical (unpaired) electrons. The van der Waals surface area contributed by atoms with Gasteiger partial charge >= 0.3 is 0 Å². The maximum atomic E-state index is 12.9. The number of anilines is 4. The van der Waals surface area contributed by atoms with Crippen LogP contribution < -0.4 is 24.6 Å². The second-order valence-corrected chi connectivity index (χ2v) is 10.9. The number of carbonyl (C=O) groups is 2. The van der Waals surface area contributed by atoms with Gasteiger partial charge in [-0.1, -0.05) is 12.8 Å². The third-order valence-corrected chi connectivity index (χ3v) is 8.57. The SMILES string of the molecule is COc1cc(C(=O)NC2CCN(C)CC2)ccc1Nc1ncc2c(n1)N(C1CCCC1)SCC(=O)N2C. The largest absolute Gasteiger partial charge is 0.495 e. The Kier molecular flexibility index (Phi) is 7.71. The lowest BCUT2D eigenvalue weighted by molar-refractivity contribution is -0.115. The molecule has 0 unspecified atom stereocenters. The van der Waals surface area contributed by atoms with E-state index in [1.54, 1.807) is 37.4 Å². The molecular formula is C26H35N7O3S. The summed E-state index contributed by atoms with van der Waals surface area (Å²) in [5, 5.41) is 6.41. The summed E-state index contributed by atoms with van der Waals surface area (Å²) in [5.74, 6) is 2.00. The highest BCUT2D eigenvalue weighted by Gasteiger charge is 2.32. The van der Waals surface area contributed by atoms with Crippen LogP contribution in [0.3, 0.4) is 0 Å². The summed E-state index contributed by atoms with van der Waals surface area (Å²) in [5.41, 5.74) is 1.92. The molecule has 1 aliphatic carbocycles. The Morgan fingerprint density at radius 2 is 1.89 bits per heavy atom. The van der Waals surface area contributed by atoms with Crippen LogP contribution in [-0.4, -0.2) is 78.8 Å². The van der Waals surface area contributed by atoms with Crippen molar-refractivity contribution in [3.05, 3.63) is 30.0 Å². The quantitative estimate of drug-likeness (QED) is 0.549. The first-order chi connectivity index (χ1) is 17.9. The molecule has 2 amide bonds. The van der Waals surface area contributed by atoms with Crippen molar-refractivity contribution < 1.29 is 14.3 Å². The molecule has 37 heavy (non-hydrogen) atoms. The van der Waals surface area contributed by atoms with Gasteiger partial charge in [-0.3, -0.25) is 13.9 Å². The molecule has 198 valence electrons. The summed E-state index contributed by atoms with van der Waals surface area (Å²) in [6.07, 6.45) is 8.15. The minimum Gasteiger partial charge on any atom is -0.495 e. The summed E-state index contributed by atoms with van der Waals surface area (Å²) in [7, 11) is 5.45. The fourth-order valence-electron chi connectivity index (χ4n) is 5.14. The van der Waals surface area contributed by atoms with Gasteiger partial charge in [-0.2, -0.15) is 4.98 Å². The molecular weight excluding hydrogens is 490 g/mol. The van der Waals surface area contributed by atoms with Gasteiger partial charge in [0.1, 0.15) is 11.4 Å². The summed E-state index contributed by atoms with van der Waals surface area (Å²) in [6, 6.07) is 5.87. The van der Waals surface area contributed by atoms with Gasteiger partial charge in [0.05, 0.1) is 24.7 Å². The molecule has 0 spiro atoms. The lowest BCUT2D eigenvalue weighted by Gasteiger charge is -2.29. The third kappa shape index (κ3) is 5.62. The molecule has 1 aromatic heterocycles. The number of piperidine rings is 1. The third-order valence-electron chi connectivity index (χ3n) is 7.44. The van der Waals surface area contributed by atoms with Crippen molar-refractivity contribution in [3.63, 3.8) is 0 Å². The Labute approximate surface area is 222 Å². The number of fused-ring (bicyclic) bond motifs is 1. The standard InChI is InChI=1S/C26H35N7O3S/c1-31-12-10-18(11-13-31)28-25(35)17-8-9-20(22(14-17)36-3)29-26-27-15-21-24(30-26)33(19-6-4-5-7-19)37-16-23(34)32(21)2/h8-9,14-15,18-19H,4-7,10-13,16H2,1-3H3,(H,28,35)(H,27,29,30).